The SMILES string of the molecule is CCCNc1nnc(SCc2ncc(-c3ccc(F)cc3)o2)s1. The Morgan fingerprint density at radius 1 is 1.26 bits per heavy atom. The van der Waals surface area contributed by atoms with Crippen molar-refractivity contribution in [2.45, 2.75) is 23.4 Å². The van der Waals surface area contributed by atoms with E-state index in [4.69, 9.17) is 4.42 Å². The molecule has 8 heteroatoms. The Balaban J connectivity index is 1.58. The predicted octanol–water partition coefficient (Wildman–Crippen LogP) is 4.45. The third kappa shape index (κ3) is 4.29. The third-order valence-electron chi connectivity index (χ3n) is 2.93. The van der Waals surface area contributed by atoms with E-state index in [0.717, 1.165) is 28.0 Å². The van der Waals surface area contributed by atoms with Crippen molar-refractivity contribution < 1.29 is 8.81 Å². The Bertz CT molecular complexity index is 757. The van der Waals surface area contributed by atoms with Gasteiger partial charge in [-0.05, 0) is 30.7 Å². The second-order valence-corrected chi connectivity index (χ2v) is 6.91. The standard InChI is InChI=1S/C15H15FN4OS2/c1-2-7-17-14-19-20-15(23-14)22-9-13-18-8-12(21-13)10-3-5-11(16)6-4-10/h3-6,8H,2,7,9H2,1H3,(H,17,19). The Labute approximate surface area is 141 Å². The van der Waals surface area contributed by atoms with Gasteiger partial charge < -0.3 is 9.73 Å². The highest BCUT2D eigenvalue weighted by atomic mass is 32.2. The Morgan fingerprint density at radius 2 is 2.09 bits per heavy atom. The van der Waals surface area contributed by atoms with E-state index in [2.05, 4.69) is 27.4 Å². The summed E-state index contributed by atoms with van der Waals surface area (Å²) < 4.78 is 19.5. The molecule has 120 valence electrons. The summed E-state index contributed by atoms with van der Waals surface area (Å²) in [5, 5.41) is 12.2. The average molecular weight is 350 g/mol. The van der Waals surface area contributed by atoms with Gasteiger partial charge in [-0.1, -0.05) is 30.0 Å². The molecule has 1 aromatic carbocycles. The monoisotopic (exact) mass is 350 g/mol. The maximum absolute atomic E-state index is 12.9. The molecule has 0 unspecified atom stereocenters. The molecule has 0 fully saturated rings. The number of thioether (sulfide) groups is 1. The number of anilines is 1. The van der Waals surface area contributed by atoms with E-state index < -0.39 is 0 Å². The van der Waals surface area contributed by atoms with Crippen molar-refractivity contribution in [2.75, 3.05) is 11.9 Å². The fourth-order valence-corrected chi connectivity index (χ4v) is 3.45. The number of nitrogens with one attached hydrogen (secondary N) is 1. The Kier molecular flexibility index (Phi) is 5.24. The number of hydrogen-bond acceptors (Lipinski definition) is 7. The summed E-state index contributed by atoms with van der Waals surface area (Å²) in [5.41, 5.74) is 0.803. The van der Waals surface area contributed by atoms with Gasteiger partial charge in [-0.2, -0.15) is 0 Å². The minimum atomic E-state index is -0.271. The third-order valence-corrected chi connectivity index (χ3v) is 4.93. The lowest BCUT2D eigenvalue weighted by Gasteiger charge is -1.96. The molecule has 3 rings (SSSR count). The summed E-state index contributed by atoms with van der Waals surface area (Å²) in [7, 11) is 0. The first-order chi connectivity index (χ1) is 11.2. The van der Waals surface area contributed by atoms with Crippen LogP contribution < -0.4 is 5.32 Å². The smallest absolute Gasteiger partial charge is 0.206 e. The van der Waals surface area contributed by atoms with E-state index in [1.165, 1.54) is 35.2 Å². The zero-order chi connectivity index (χ0) is 16.1. The van der Waals surface area contributed by atoms with Crippen molar-refractivity contribution in [3.63, 3.8) is 0 Å². The maximum Gasteiger partial charge on any atom is 0.206 e. The van der Waals surface area contributed by atoms with E-state index in [-0.39, 0.29) is 5.82 Å². The van der Waals surface area contributed by atoms with Crippen molar-refractivity contribution >= 4 is 28.2 Å². The van der Waals surface area contributed by atoms with E-state index in [0.29, 0.717) is 17.4 Å². The molecule has 0 aliphatic rings. The second-order valence-electron chi connectivity index (χ2n) is 4.71. The molecule has 0 radical (unpaired) electrons. The molecule has 0 saturated carbocycles. The van der Waals surface area contributed by atoms with Crippen molar-refractivity contribution in [3.05, 3.63) is 42.2 Å². The van der Waals surface area contributed by atoms with Crippen LogP contribution in [0.15, 0.2) is 39.2 Å². The van der Waals surface area contributed by atoms with E-state index in [1.807, 2.05) is 0 Å². The lowest BCUT2D eigenvalue weighted by molar-refractivity contribution is 0.530. The van der Waals surface area contributed by atoms with Gasteiger partial charge in [0.2, 0.25) is 11.0 Å². The summed E-state index contributed by atoms with van der Waals surface area (Å²) in [6, 6.07) is 6.14. The van der Waals surface area contributed by atoms with Crippen molar-refractivity contribution in [3.8, 4) is 11.3 Å². The molecular weight excluding hydrogens is 335 g/mol. The van der Waals surface area contributed by atoms with Gasteiger partial charge in [0.1, 0.15) is 5.82 Å². The Morgan fingerprint density at radius 3 is 2.87 bits per heavy atom. The maximum atomic E-state index is 12.9. The van der Waals surface area contributed by atoms with Gasteiger partial charge in [-0.3, -0.25) is 0 Å². The molecule has 0 atom stereocenters. The zero-order valence-corrected chi connectivity index (χ0v) is 14.1. The highest BCUT2D eigenvalue weighted by Crippen LogP contribution is 2.29. The lowest BCUT2D eigenvalue weighted by atomic mass is 10.2. The van der Waals surface area contributed by atoms with Gasteiger partial charge >= 0.3 is 0 Å². The molecule has 1 N–H and O–H groups in total. The average Bonchev–Trinajstić information content (AvgIpc) is 3.21. The van der Waals surface area contributed by atoms with Crippen LogP contribution >= 0.6 is 23.1 Å². The van der Waals surface area contributed by atoms with Gasteiger partial charge in [0.15, 0.2) is 10.1 Å². The van der Waals surface area contributed by atoms with Crippen molar-refractivity contribution in [1.82, 2.24) is 15.2 Å². The summed E-state index contributed by atoms with van der Waals surface area (Å²) in [6.07, 6.45) is 2.70. The normalized spacial score (nSPS) is 10.9. The minimum Gasteiger partial charge on any atom is -0.440 e. The second kappa shape index (κ2) is 7.56. The predicted molar refractivity (Wildman–Crippen MR) is 90.1 cm³/mol. The van der Waals surface area contributed by atoms with Crippen LogP contribution in [0.3, 0.4) is 0 Å². The van der Waals surface area contributed by atoms with Gasteiger partial charge in [0, 0.05) is 12.1 Å². The largest absolute Gasteiger partial charge is 0.440 e. The molecule has 3 aromatic rings. The molecule has 0 saturated heterocycles. The summed E-state index contributed by atoms with van der Waals surface area (Å²) >= 11 is 3.04. The van der Waals surface area contributed by atoms with Crippen LogP contribution in [0.2, 0.25) is 0 Å². The van der Waals surface area contributed by atoms with Crippen LogP contribution in [-0.2, 0) is 5.75 Å². The molecule has 0 amide bonds. The summed E-state index contributed by atoms with van der Waals surface area (Å²) in [6.45, 7) is 2.99. The number of benzene rings is 1. The fourth-order valence-electron chi connectivity index (χ4n) is 1.82. The van der Waals surface area contributed by atoms with E-state index in [9.17, 15) is 4.39 Å². The summed E-state index contributed by atoms with van der Waals surface area (Å²) in [5.74, 6) is 1.53. The van der Waals surface area contributed by atoms with Crippen LogP contribution in [0.5, 0.6) is 0 Å². The highest BCUT2D eigenvalue weighted by Gasteiger charge is 2.09. The molecule has 2 aromatic heterocycles. The molecule has 0 spiro atoms. The van der Waals surface area contributed by atoms with Crippen molar-refractivity contribution in [1.29, 1.82) is 0 Å². The quantitative estimate of drug-likeness (QED) is 0.635. The van der Waals surface area contributed by atoms with Gasteiger partial charge in [-0.15, -0.1) is 10.2 Å². The summed E-state index contributed by atoms with van der Waals surface area (Å²) in [4.78, 5) is 4.25. The first kappa shape index (κ1) is 15.9. The first-order valence-corrected chi connectivity index (χ1v) is 8.95. The first-order valence-electron chi connectivity index (χ1n) is 7.15. The minimum absolute atomic E-state index is 0.271. The number of nitrogens with zero attached hydrogens (tertiary/aromatic N) is 3. The number of halogens is 1. The molecule has 0 aliphatic carbocycles. The van der Waals surface area contributed by atoms with Crippen molar-refractivity contribution in [2.24, 2.45) is 0 Å². The highest BCUT2D eigenvalue weighted by molar-refractivity contribution is 8.00. The number of oxazole rings is 1. The van der Waals surface area contributed by atoms with Crippen LogP contribution in [0.25, 0.3) is 11.3 Å². The lowest BCUT2D eigenvalue weighted by Crippen LogP contribution is -1.98. The molecule has 2 heterocycles. The number of aromatic nitrogens is 3. The number of rotatable bonds is 7. The van der Waals surface area contributed by atoms with Crippen LogP contribution in [-0.4, -0.2) is 21.7 Å². The topological polar surface area (TPSA) is 63.8 Å². The van der Waals surface area contributed by atoms with Crippen LogP contribution in [0, 0.1) is 5.82 Å². The molecule has 5 nitrogen and oxygen atoms in total. The van der Waals surface area contributed by atoms with E-state index >= 15 is 0 Å². The molecule has 0 bridgehead atoms. The molecular formula is C15H15FN4OS2. The fraction of sp³-hybridized carbons (Fsp3) is 0.267. The van der Waals surface area contributed by atoms with Gasteiger partial charge in [0.25, 0.3) is 0 Å². The Hall–Kier alpha value is -1.93. The number of hydrogen-bond donors (Lipinski definition) is 1. The van der Waals surface area contributed by atoms with Gasteiger partial charge in [0.05, 0.1) is 11.9 Å². The van der Waals surface area contributed by atoms with Crippen LogP contribution in [0.4, 0.5) is 9.52 Å². The van der Waals surface area contributed by atoms with Gasteiger partial charge in [-0.25, -0.2) is 9.37 Å². The van der Waals surface area contributed by atoms with E-state index in [1.54, 1.807) is 18.3 Å². The zero-order valence-electron chi connectivity index (χ0n) is 12.5. The molecule has 0 aliphatic heterocycles. The molecule has 23 heavy (non-hydrogen) atoms. The van der Waals surface area contributed by atoms with Crippen LogP contribution in [0.1, 0.15) is 19.2 Å².